The van der Waals surface area contributed by atoms with Crippen LogP contribution in [0.4, 0.5) is 9.59 Å². The largest absolute Gasteiger partial charge is 0.447 e. The molecule has 0 saturated carbocycles. The van der Waals surface area contributed by atoms with E-state index in [1.165, 1.54) is 0 Å². The summed E-state index contributed by atoms with van der Waals surface area (Å²) in [5.41, 5.74) is 0. The standard InChI is InChI=1S/2C8H17NO.C8H16O.C7H16N2O.C7H15NO2.C7H15NO/c2*1-6(2)8(10)9(5)7(3)4;1-6(2)5-8(9)7(3)4;1-5(2)8-7(10)9-6(3)4;1-5(2)8-7(9)10-6(3)4;1-5(2)7(9)8-6(3)4/h2*6-7H,1-5H3;6-7H,5H2,1-4H3;5-6H,1-4H3,(H2,8,9,10);5-6H,1-4H3,(H,8,9);5-6H,1-4H3,(H,8,9). The molecular formula is C45H96N6O7. The van der Waals surface area contributed by atoms with E-state index in [9.17, 15) is 28.8 Å². The number of nitrogens with one attached hydrogen (secondary N) is 4. The van der Waals surface area contributed by atoms with Crippen molar-refractivity contribution in [2.45, 2.75) is 215 Å². The van der Waals surface area contributed by atoms with Crippen LogP contribution in [0.3, 0.4) is 0 Å². The fourth-order valence-electron chi connectivity index (χ4n) is 3.46. The van der Waals surface area contributed by atoms with Gasteiger partial charge in [-0.05, 0) is 103 Å². The number of Topliss-reactive ketones (excluding diaryl/α,β-unsaturated/α-hetero) is 1. The van der Waals surface area contributed by atoms with E-state index in [2.05, 4.69) is 35.1 Å². The maximum Gasteiger partial charge on any atom is 0.407 e. The van der Waals surface area contributed by atoms with Crippen LogP contribution in [0.5, 0.6) is 0 Å². The quantitative estimate of drug-likeness (QED) is 0.144. The average Bonchev–Trinajstić information content (AvgIpc) is 3.02. The van der Waals surface area contributed by atoms with Crippen LogP contribution in [0, 0.1) is 29.6 Å². The van der Waals surface area contributed by atoms with E-state index in [0.717, 1.165) is 6.42 Å². The number of ketones is 1. The molecule has 13 nitrogen and oxygen atoms in total. The molecular weight excluding hydrogens is 737 g/mol. The Morgan fingerprint density at radius 3 is 0.879 bits per heavy atom. The molecule has 0 fully saturated rings. The van der Waals surface area contributed by atoms with E-state index in [4.69, 9.17) is 4.74 Å². The number of nitrogens with zero attached hydrogens (tertiary/aromatic N) is 2. The normalized spacial score (nSPS) is 10.5. The van der Waals surface area contributed by atoms with Gasteiger partial charge in [0.15, 0.2) is 0 Å². The van der Waals surface area contributed by atoms with Crippen LogP contribution < -0.4 is 21.3 Å². The minimum Gasteiger partial charge on any atom is -0.447 e. The maximum absolute atomic E-state index is 11.2. The summed E-state index contributed by atoms with van der Waals surface area (Å²) >= 11 is 0. The Bertz CT molecular complexity index is 975. The fourth-order valence-corrected chi connectivity index (χ4v) is 3.46. The first kappa shape index (κ1) is 66.4. The van der Waals surface area contributed by atoms with E-state index in [1.54, 1.807) is 9.80 Å². The third-order valence-electron chi connectivity index (χ3n) is 7.03. The molecule has 348 valence electrons. The van der Waals surface area contributed by atoms with Crippen molar-refractivity contribution < 1.29 is 33.5 Å². The topological polar surface area (TPSA) is 166 Å². The SMILES string of the molecule is CC(C)C(=O)N(C)C(C)C.CC(C)C(=O)N(C)C(C)C.CC(C)CC(=O)C(C)C.CC(C)NC(=O)C(C)C.CC(C)NC(=O)NC(C)C.CC(C)NC(=O)OC(C)C. The highest BCUT2D eigenvalue weighted by atomic mass is 16.6. The molecule has 0 radical (unpaired) electrons. The Morgan fingerprint density at radius 1 is 0.431 bits per heavy atom. The smallest absolute Gasteiger partial charge is 0.407 e. The van der Waals surface area contributed by atoms with E-state index < -0.39 is 0 Å². The summed E-state index contributed by atoms with van der Waals surface area (Å²) in [5.74, 6) is 2.01. The Labute approximate surface area is 358 Å². The van der Waals surface area contributed by atoms with Crippen molar-refractivity contribution in [1.82, 2.24) is 31.1 Å². The summed E-state index contributed by atoms with van der Waals surface area (Å²) in [7, 11) is 3.68. The second kappa shape index (κ2) is 37.9. The Balaban J connectivity index is -0.000000140. The molecule has 4 N–H and O–H groups in total. The van der Waals surface area contributed by atoms with Crippen molar-refractivity contribution in [1.29, 1.82) is 0 Å². The molecule has 0 heterocycles. The van der Waals surface area contributed by atoms with Crippen molar-refractivity contribution in [3.8, 4) is 0 Å². The maximum atomic E-state index is 11.2. The molecule has 0 aliphatic rings. The lowest BCUT2D eigenvalue weighted by Crippen LogP contribution is -2.42. The van der Waals surface area contributed by atoms with Gasteiger partial charge in [0.1, 0.15) is 5.78 Å². The van der Waals surface area contributed by atoms with Gasteiger partial charge >= 0.3 is 12.1 Å². The van der Waals surface area contributed by atoms with Crippen molar-refractivity contribution in [3.05, 3.63) is 0 Å². The van der Waals surface area contributed by atoms with Crippen LogP contribution in [0.2, 0.25) is 0 Å². The van der Waals surface area contributed by atoms with Gasteiger partial charge < -0.3 is 35.8 Å². The first-order valence-corrected chi connectivity index (χ1v) is 21.5. The highest BCUT2D eigenvalue weighted by Gasteiger charge is 2.15. The van der Waals surface area contributed by atoms with Gasteiger partial charge in [0.25, 0.3) is 0 Å². The molecule has 0 aromatic rings. The van der Waals surface area contributed by atoms with Crippen LogP contribution in [0.25, 0.3) is 0 Å². The number of alkyl carbamates (subject to hydrolysis) is 1. The molecule has 0 atom stereocenters. The van der Waals surface area contributed by atoms with E-state index in [1.807, 2.05) is 166 Å². The Hall–Kier alpha value is -3.38. The van der Waals surface area contributed by atoms with Gasteiger partial charge in [0, 0.05) is 80.4 Å². The van der Waals surface area contributed by atoms with Gasteiger partial charge in [0.05, 0.1) is 6.10 Å². The number of hydrogen-bond donors (Lipinski definition) is 4. The van der Waals surface area contributed by atoms with Crippen molar-refractivity contribution >= 4 is 35.6 Å². The Kier molecular flexibility index (Phi) is 43.4. The summed E-state index contributed by atoms with van der Waals surface area (Å²) < 4.78 is 4.81. The molecule has 6 amide bonds. The number of ether oxygens (including phenoxy) is 1. The molecule has 0 aliphatic heterocycles. The lowest BCUT2D eigenvalue weighted by Gasteiger charge is -2.23. The van der Waals surface area contributed by atoms with Gasteiger partial charge in [-0.3, -0.25) is 19.2 Å². The monoisotopic (exact) mass is 833 g/mol. The summed E-state index contributed by atoms with van der Waals surface area (Å²) in [6.07, 6.45) is 0.348. The molecule has 0 spiro atoms. The summed E-state index contributed by atoms with van der Waals surface area (Å²) in [5, 5.41) is 10.9. The number of rotatable bonds is 13. The minimum absolute atomic E-state index is 0.0428. The number of carbonyl (C=O) groups is 6. The zero-order chi connectivity index (χ0) is 47.8. The first-order valence-electron chi connectivity index (χ1n) is 21.5. The summed E-state index contributed by atoms with van der Waals surface area (Å²) in [6, 6.07) is 1.36. The lowest BCUT2D eigenvalue weighted by atomic mass is 9.99. The van der Waals surface area contributed by atoms with Crippen LogP contribution in [-0.2, 0) is 23.9 Å². The van der Waals surface area contributed by atoms with E-state index in [-0.39, 0.29) is 83.8 Å². The third-order valence-corrected chi connectivity index (χ3v) is 7.03. The lowest BCUT2D eigenvalue weighted by molar-refractivity contribution is -0.135. The summed E-state index contributed by atoms with van der Waals surface area (Å²) in [6.45, 7) is 46.6. The van der Waals surface area contributed by atoms with Gasteiger partial charge in [0.2, 0.25) is 17.7 Å². The zero-order valence-corrected chi connectivity index (χ0v) is 42.4. The molecule has 0 aromatic heterocycles. The number of hydrogen-bond acceptors (Lipinski definition) is 7. The minimum atomic E-state index is -0.343. The second-order valence-corrected chi connectivity index (χ2v) is 18.1. The fraction of sp³-hybridized carbons (Fsp3) is 0.867. The van der Waals surface area contributed by atoms with Crippen molar-refractivity contribution in [3.63, 3.8) is 0 Å². The van der Waals surface area contributed by atoms with Gasteiger partial charge in [-0.25, -0.2) is 9.59 Å². The molecule has 0 aromatic carbocycles. The van der Waals surface area contributed by atoms with Gasteiger partial charge in [-0.2, -0.15) is 0 Å². The van der Waals surface area contributed by atoms with Crippen molar-refractivity contribution in [2.75, 3.05) is 14.1 Å². The number of carbonyl (C=O) groups excluding carboxylic acids is 6. The number of amides is 6. The zero-order valence-electron chi connectivity index (χ0n) is 42.4. The molecule has 0 saturated heterocycles. The molecule has 0 rings (SSSR count). The van der Waals surface area contributed by atoms with E-state index >= 15 is 0 Å². The van der Waals surface area contributed by atoms with Crippen molar-refractivity contribution in [2.24, 2.45) is 29.6 Å². The molecule has 0 aliphatic carbocycles. The van der Waals surface area contributed by atoms with E-state index in [0.29, 0.717) is 23.8 Å². The molecule has 13 heteroatoms. The predicted molar refractivity (Wildman–Crippen MR) is 245 cm³/mol. The highest BCUT2D eigenvalue weighted by molar-refractivity contribution is 5.80. The average molecular weight is 833 g/mol. The Morgan fingerprint density at radius 2 is 0.741 bits per heavy atom. The van der Waals surface area contributed by atoms with Gasteiger partial charge in [-0.1, -0.05) is 69.2 Å². The second-order valence-electron chi connectivity index (χ2n) is 18.1. The van der Waals surface area contributed by atoms with Crippen LogP contribution in [0.1, 0.15) is 173 Å². The summed E-state index contributed by atoms with van der Waals surface area (Å²) in [4.78, 5) is 69.3. The third kappa shape index (κ3) is 50.6. The predicted octanol–water partition coefficient (Wildman–Crippen LogP) is 9.07. The first-order chi connectivity index (χ1) is 26.0. The molecule has 0 bridgehead atoms. The molecule has 0 unspecified atom stereocenters. The van der Waals surface area contributed by atoms with Gasteiger partial charge in [-0.15, -0.1) is 0 Å². The van der Waals surface area contributed by atoms with Crippen LogP contribution >= 0.6 is 0 Å². The van der Waals surface area contributed by atoms with Crippen LogP contribution in [-0.4, -0.2) is 102 Å². The number of urea groups is 1. The molecule has 58 heavy (non-hydrogen) atoms. The van der Waals surface area contributed by atoms with Crippen LogP contribution in [0.15, 0.2) is 0 Å². The highest BCUT2D eigenvalue weighted by Crippen LogP contribution is 2.06.